The lowest BCUT2D eigenvalue weighted by atomic mass is 10.2. The van der Waals surface area contributed by atoms with Gasteiger partial charge in [0.1, 0.15) is 0 Å². The number of hydrogen-bond acceptors (Lipinski definition) is 5. The summed E-state index contributed by atoms with van der Waals surface area (Å²) in [7, 11) is 1.66. The number of carbonyl (C=O) groups is 2. The summed E-state index contributed by atoms with van der Waals surface area (Å²) >= 11 is 2.84. The highest BCUT2D eigenvalue weighted by molar-refractivity contribution is 8.18. The first-order valence-corrected chi connectivity index (χ1v) is 8.37. The van der Waals surface area contributed by atoms with Crippen LogP contribution in [0.2, 0.25) is 0 Å². The summed E-state index contributed by atoms with van der Waals surface area (Å²) in [6.07, 6.45) is 1.84. The van der Waals surface area contributed by atoms with Gasteiger partial charge in [-0.2, -0.15) is 0 Å². The van der Waals surface area contributed by atoms with Crippen molar-refractivity contribution >= 4 is 51.9 Å². The minimum Gasteiger partial charge on any atom is -0.478 e. The third kappa shape index (κ3) is 3.35. The Kier molecular flexibility index (Phi) is 4.31. The van der Waals surface area contributed by atoms with E-state index in [1.807, 2.05) is 23.6 Å². The van der Waals surface area contributed by atoms with Crippen LogP contribution in [-0.2, 0) is 4.79 Å². The highest BCUT2D eigenvalue weighted by Gasteiger charge is 2.30. The molecule has 0 spiro atoms. The minimum absolute atomic E-state index is 0.114. The number of rotatable bonds is 3. The number of nitrogens with zero attached hydrogens (tertiary/aromatic N) is 2. The van der Waals surface area contributed by atoms with E-state index >= 15 is 0 Å². The molecular formula is C16H12N2O3S2. The van der Waals surface area contributed by atoms with Gasteiger partial charge < -0.3 is 5.11 Å². The summed E-state index contributed by atoms with van der Waals surface area (Å²) in [6, 6.07) is 10.2. The molecular weight excluding hydrogens is 332 g/mol. The number of carbonyl (C=O) groups excluding carboxylic acids is 1. The molecule has 1 amide bonds. The molecule has 1 aromatic heterocycles. The standard InChI is InChI=1S/C16H12N2O3S2/c1-18-14(19)13(9-12-6-3-7-22-12)23-16(18)17-11-5-2-4-10(8-11)15(20)21/h2-9H,1H3,(H,20,21)/b13-9-,17-16?. The average Bonchev–Trinajstić information content (AvgIpc) is 3.13. The maximum absolute atomic E-state index is 12.3. The van der Waals surface area contributed by atoms with Crippen molar-refractivity contribution in [1.29, 1.82) is 0 Å². The molecule has 0 bridgehead atoms. The number of thiophene rings is 1. The maximum atomic E-state index is 12.3. The van der Waals surface area contributed by atoms with E-state index in [1.165, 1.54) is 28.8 Å². The van der Waals surface area contributed by atoms with E-state index in [0.717, 1.165) is 4.88 Å². The Balaban J connectivity index is 1.90. The van der Waals surface area contributed by atoms with Gasteiger partial charge >= 0.3 is 5.97 Å². The van der Waals surface area contributed by atoms with Crippen molar-refractivity contribution in [2.24, 2.45) is 4.99 Å². The minimum atomic E-state index is -1.01. The Morgan fingerprint density at radius 1 is 1.30 bits per heavy atom. The van der Waals surface area contributed by atoms with Gasteiger partial charge in [-0.05, 0) is 47.5 Å². The highest BCUT2D eigenvalue weighted by atomic mass is 32.2. The summed E-state index contributed by atoms with van der Waals surface area (Å²) in [6.45, 7) is 0. The normalized spacial score (nSPS) is 18.1. The molecule has 0 radical (unpaired) electrons. The number of aliphatic imine (C=N–C) groups is 1. The van der Waals surface area contributed by atoms with E-state index in [9.17, 15) is 9.59 Å². The molecule has 1 N–H and O–H groups in total. The Morgan fingerprint density at radius 2 is 2.13 bits per heavy atom. The topological polar surface area (TPSA) is 70.0 Å². The zero-order chi connectivity index (χ0) is 16.4. The van der Waals surface area contributed by atoms with Gasteiger partial charge in [-0.25, -0.2) is 9.79 Å². The fraction of sp³-hybridized carbons (Fsp3) is 0.0625. The molecule has 0 unspecified atom stereocenters. The van der Waals surface area contributed by atoms with Crippen molar-refractivity contribution in [3.05, 3.63) is 57.1 Å². The fourth-order valence-corrected chi connectivity index (χ4v) is 3.68. The van der Waals surface area contributed by atoms with Crippen LogP contribution in [0.3, 0.4) is 0 Å². The summed E-state index contributed by atoms with van der Waals surface area (Å²) in [5.74, 6) is -1.12. The van der Waals surface area contributed by atoms with E-state index in [1.54, 1.807) is 30.5 Å². The number of aromatic carboxylic acids is 1. The second-order valence-corrected chi connectivity index (χ2v) is 6.73. The van der Waals surface area contributed by atoms with E-state index < -0.39 is 5.97 Å². The molecule has 0 saturated carbocycles. The highest BCUT2D eigenvalue weighted by Crippen LogP contribution is 2.33. The number of carboxylic acid groups (broad SMARTS) is 1. The van der Waals surface area contributed by atoms with Crippen molar-refractivity contribution in [1.82, 2.24) is 4.90 Å². The number of hydrogen-bond donors (Lipinski definition) is 1. The number of carboxylic acids is 1. The maximum Gasteiger partial charge on any atom is 0.335 e. The summed E-state index contributed by atoms with van der Waals surface area (Å²) in [4.78, 5) is 30.8. The predicted molar refractivity (Wildman–Crippen MR) is 93.2 cm³/mol. The molecule has 1 aromatic carbocycles. The van der Waals surface area contributed by atoms with Crippen LogP contribution in [0.15, 0.2) is 51.7 Å². The predicted octanol–water partition coefficient (Wildman–Crippen LogP) is 3.68. The molecule has 0 aliphatic carbocycles. The van der Waals surface area contributed by atoms with Crippen molar-refractivity contribution in [2.45, 2.75) is 0 Å². The van der Waals surface area contributed by atoms with Crippen LogP contribution in [-0.4, -0.2) is 34.1 Å². The van der Waals surface area contributed by atoms with Crippen LogP contribution in [0, 0.1) is 0 Å². The first kappa shape index (κ1) is 15.5. The Hall–Kier alpha value is -2.38. The van der Waals surface area contributed by atoms with Crippen molar-refractivity contribution in [2.75, 3.05) is 7.05 Å². The van der Waals surface area contributed by atoms with E-state index in [4.69, 9.17) is 5.11 Å². The zero-order valence-corrected chi connectivity index (χ0v) is 13.7. The summed E-state index contributed by atoms with van der Waals surface area (Å²) in [5, 5.41) is 11.5. The van der Waals surface area contributed by atoms with Gasteiger partial charge in [-0.15, -0.1) is 11.3 Å². The van der Waals surface area contributed by atoms with Crippen LogP contribution in [0.4, 0.5) is 5.69 Å². The molecule has 116 valence electrons. The van der Waals surface area contributed by atoms with Crippen molar-refractivity contribution in [3.8, 4) is 0 Å². The third-order valence-corrected chi connectivity index (χ3v) is 5.02. The van der Waals surface area contributed by atoms with Crippen LogP contribution in [0.5, 0.6) is 0 Å². The number of amidine groups is 1. The fourth-order valence-electron chi connectivity index (χ4n) is 1.97. The van der Waals surface area contributed by atoms with E-state index in [-0.39, 0.29) is 11.5 Å². The van der Waals surface area contributed by atoms with Crippen LogP contribution in [0.25, 0.3) is 6.08 Å². The van der Waals surface area contributed by atoms with Gasteiger partial charge in [0.05, 0.1) is 16.2 Å². The Labute approximate surface area is 141 Å². The molecule has 7 heteroatoms. The molecule has 23 heavy (non-hydrogen) atoms. The molecule has 0 atom stereocenters. The zero-order valence-electron chi connectivity index (χ0n) is 12.1. The second-order valence-electron chi connectivity index (χ2n) is 4.74. The first-order chi connectivity index (χ1) is 11.0. The van der Waals surface area contributed by atoms with Gasteiger partial charge in [0.15, 0.2) is 5.17 Å². The lowest BCUT2D eigenvalue weighted by Gasteiger charge is -2.07. The van der Waals surface area contributed by atoms with Gasteiger partial charge in [-0.3, -0.25) is 9.69 Å². The van der Waals surface area contributed by atoms with Gasteiger partial charge in [0, 0.05) is 11.9 Å². The third-order valence-electron chi connectivity index (χ3n) is 3.14. The number of likely N-dealkylation sites (N-methyl/N-ethyl adjacent to an activating group) is 1. The molecule has 1 aliphatic rings. The van der Waals surface area contributed by atoms with E-state index in [0.29, 0.717) is 15.8 Å². The molecule has 1 fully saturated rings. The van der Waals surface area contributed by atoms with Crippen molar-refractivity contribution < 1.29 is 14.7 Å². The number of amides is 1. The number of benzene rings is 1. The number of thioether (sulfide) groups is 1. The largest absolute Gasteiger partial charge is 0.478 e. The van der Waals surface area contributed by atoms with Crippen LogP contribution >= 0.6 is 23.1 Å². The first-order valence-electron chi connectivity index (χ1n) is 6.68. The molecule has 2 aromatic rings. The summed E-state index contributed by atoms with van der Waals surface area (Å²) in [5.41, 5.74) is 0.669. The molecule has 2 heterocycles. The molecule has 1 saturated heterocycles. The smallest absolute Gasteiger partial charge is 0.335 e. The van der Waals surface area contributed by atoms with Gasteiger partial charge in [0.25, 0.3) is 5.91 Å². The Bertz CT molecular complexity index is 826. The lowest BCUT2D eigenvalue weighted by molar-refractivity contribution is -0.121. The molecule has 3 rings (SSSR count). The average molecular weight is 344 g/mol. The monoisotopic (exact) mass is 344 g/mol. The second kappa shape index (κ2) is 6.39. The lowest BCUT2D eigenvalue weighted by Crippen LogP contribution is -2.23. The summed E-state index contributed by atoms with van der Waals surface area (Å²) < 4.78 is 0. The van der Waals surface area contributed by atoms with Crippen molar-refractivity contribution in [3.63, 3.8) is 0 Å². The van der Waals surface area contributed by atoms with Gasteiger partial charge in [0.2, 0.25) is 0 Å². The quantitative estimate of drug-likeness (QED) is 0.862. The van der Waals surface area contributed by atoms with Crippen LogP contribution in [0.1, 0.15) is 15.2 Å². The molecule has 5 nitrogen and oxygen atoms in total. The van der Waals surface area contributed by atoms with Gasteiger partial charge in [-0.1, -0.05) is 12.1 Å². The molecule has 1 aliphatic heterocycles. The Morgan fingerprint density at radius 3 is 2.83 bits per heavy atom. The van der Waals surface area contributed by atoms with Crippen LogP contribution < -0.4 is 0 Å². The van der Waals surface area contributed by atoms with E-state index in [2.05, 4.69) is 4.99 Å². The SMILES string of the molecule is CN1C(=O)/C(=C/c2cccs2)SC1=Nc1cccc(C(=O)O)c1.